The van der Waals surface area contributed by atoms with Crippen LogP contribution in [0.5, 0.6) is 0 Å². The molecule has 2 heterocycles. The smallest absolute Gasteiger partial charge is 0.337 e. The van der Waals surface area contributed by atoms with Gasteiger partial charge in [0.1, 0.15) is 4.21 Å². The fourth-order valence-corrected chi connectivity index (χ4v) is 5.29. The minimum absolute atomic E-state index is 0.0616. The van der Waals surface area contributed by atoms with Crippen LogP contribution in [-0.4, -0.2) is 31.0 Å². The Labute approximate surface area is 134 Å². The molecular formula is C12H11BrN2O4S2. The third kappa shape index (κ3) is 3.25. The first-order valence-electron chi connectivity index (χ1n) is 5.82. The lowest BCUT2D eigenvalue weighted by Gasteiger charge is -2.21. The van der Waals surface area contributed by atoms with E-state index >= 15 is 0 Å². The summed E-state index contributed by atoms with van der Waals surface area (Å²) < 4.78 is 27.2. The number of thiophene rings is 1. The maximum absolute atomic E-state index is 12.6. The normalized spacial score (nSPS) is 11.3. The van der Waals surface area contributed by atoms with Crippen LogP contribution in [0.1, 0.15) is 17.3 Å². The van der Waals surface area contributed by atoms with E-state index in [1.807, 2.05) is 0 Å². The number of hydrogen-bond donors (Lipinski definition) is 1. The van der Waals surface area contributed by atoms with Crippen molar-refractivity contribution in [1.29, 1.82) is 0 Å². The van der Waals surface area contributed by atoms with Crippen molar-refractivity contribution in [3.63, 3.8) is 0 Å². The fourth-order valence-electron chi connectivity index (χ4n) is 1.72. The zero-order valence-corrected chi connectivity index (χ0v) is 14.1. The second-order valence-corrected chi connectivity index (χ2v) is 8.52. The van der Waals surface area contributed by atoms with Crippen LogP contribution in [0.25, 0.3) is 0 Å². The lowest BCUT2D eigenvalue weighted by Crippen LogP contribution is -2.30. The predicted molar refractivity (Wildman–Crippen MR) is 83.4 cm³/mol. The Morgan fingerprint density at radius 2 is 2.14 bits per heavy atom. The Hall–Kier alpha value is -1.45. The number of hydrogen-bond acceptors (Lipinski definition) is 5. The lowest BCUT2D eigenvalue weighted by molar-refractivity contribution is 0.0696. The van der Waals surface area contributed by atoms with E-state index in [2.05, 4.69) is 20.9 Å². The molecule has 2 rings (SSSR count). The summed E-state index contributed by atoms with van der Waals surface area (Å²) in [6, 6.07) is 4.44. The highest BCUT2D eigenvalue weighted by Gasteiger charge is 2.26. The van der Waals surface area contributed by atoms with Crippen LogP contribution >= 0.6 is 27.3 Å². The Bertz CT molecular complexity index is 773. The molecule has 1 N–H and O–H groups in total. The average Bonchev–Trinajstić information content (AvgIpc) is 2.87. The van der Waals surface area contributed by atoms with Crippen LogP contribution in [0.2, 0.25) is 0 Å². The Kier molecular flexibility index (Phi) is 4.64. The van der Waals surface area contributed by atoms with E-state index in [0.29, 0.717) is 3.79 Å². The zero-order chi connectivity index (χ0) is 15.6. The molecule has 0 aliphatic rings. The van der Waals surface area contributed by atoms with Crippen molar-refractivity contribution in [1.82, 2.24) is 4.98 Å². The number of pyridine rings is 1. The van der Waals surface area contributed by atoms with Crippen molar-refractivity contribution in [2.75, 3.05) is 10.8 Å². The van der Waals surface area contributed by atoms with Crippen molar-refractivity contribution >= 4 is 48.9 Å². The average molecular weight is 391 g/mol. The Morgan fingerprint density at radius 1 is 1.43 bits per heavy atom. The molecular weight excluding hydrogens is 380 g/mol. The fraction of sp³-hybridized carbons (Fsp3) is 0.167. The monoisotopic (exact) mass is 390 g/mol. The summed E-state index contributed by atoms with van der Waals surface area (Å²) in [4.78, 5) is 14.8. The molecule has 0 amide bonds. The van der Waals surface area contributed by atoms with E-state index in [-0.39, 0.29) is 22.0 Å². The van der Waals surface area contributed by atoms with Gasteiger partial charge in [0.2, 0.25) is 0 Å². The molecule has 0 aliphatic carbocycles. The Morgan fingerprint density at radius 3 is 2.67 bits per heavy atom. The summed E-state index contributed by atoms with van der Waals surface area (Å²) in [5, 5.41) is 8.97. The molecule has 0 spiro atoms. The van der Waals surface area contributed by atoms with Gasteiger partial charge in [-0.3, -0.25) is 9.29 Å². The van der Waals surface area contributed by atoms with Crippen molar-refractivity contribution in [3.05, 3.63) is 39.9 Å². The van der Waals surface area contributed by atoms with Gasteiger partial charge in [-0.1, -0.05) is 0 Å². The van der Waals surface area contributed by atoms with E-state index in [4.69, 9.17) is 5.11 Å². The highest BCUT2D eigenvalue weighted by molar-refractivity contribution is 9.11. The van der Waals surface area contributed by atoms with E-state index in [9.17, 15) is 13.2 Å². The number of aromatic nitrogens is 1. The van der Waals surface area contributed by atoms with E-state index in [1.165, 1.54) is 24.5 Å². The summed E-state index contributed by atoms with van der Waals surface area (Å²) in [6.07, 6.45) is 2.50. The van der Waals surface area contributed by atoms with Crippen LogP contribution in [0.4, 0.5) is 5.69 Å². The minimum Gasteiger partial charge on any atom is -0.478 e. The number of sulfonamides is 1. The van der Waals surface area contributed by atoms with Crippen molar-refractivity contribution in [2.24, 2.45) is 0 Å². The molecule has 0 atom stereocenters. The molecule has 0 bridgehead atoms. The number of nitrogens with zero attached hydrogens (tertiary/aromatic N) is 2. The van der Waals surface area contributed by atoms with Gasteiger partial charge >= 0.3 is 5.97 Å². The first kappa shape index (κ1) is 15.9. The topological polar surface area (TPSA) is 87.6 Å². The lowest BCUT2D eigenvalue weighted by atomic mass is 10.2. The number of halogens is 1. The molecule has 112 valence electrons. The van der Waals surface area contributed by atoms with Crippen LogP contribution in [0.3, 0.4) is 0 Å². The van der Waals surface area contributed by atoms with Gasteiger partial charge in [0, 0.05) is 12.7 Å². The first-order valence-corrected chi connectivity index (χ1v) is 8.87. The number of carboxylic acids is 1. The SMILES string of the molecule is CCN(c1cncc(C(=O)O)c1)S(=O)(=O)c1ccc(Br)s1. The van der Waals surface area contributed by atoms with E-state index in [0.717, 1.165) is 15.6 Å². The van der Waals surface area contributed by atoms with Crippen molar-refractivity contribution in [3.8, 4) is 0 Å². The van der Waals surface area contributed by atoms with Gasteiger partial charge in [-0.25, -0.2) is 13.2 Å². The highest BCUT2D eigenvalue weighted by atomic mass is 79.9. The van der Waals surface area contributed by atoms with E-state index < -0.39 is 16.0 Å². The molecule has 2 aromatic rings. The molecule has 0 fully saturated rings. The quantitative estimate of drug-likeness (QED) is 0.847. The van der Waals surface area contributed by atoms with Gasteiger partial charge in [0.15, 0.2) is 0 Å². The first-order chi connectivity index (χ1) is 9.86. The van der Waals surface area contributed by atoms with Crippen molar-refractivity contribution < 1.29 is 18.3 Å². The van der Waals surface area contributed by atoms with Gasteiger partial charge in [0.25, 0.3) is 10.0 Å². The van der Waals surface area contributed by atoms with Crippen LogP contribution < -0.4 is 4.31 Å². The third-order valence-corrected chi connectivity index (χ3v) is 6.63. The van der Waals surface area contributed by atoms with Crippen molar-refractivity contribution in [2.45, 2.75) is 11.1 Å². The molecule has 9 heteroatoms. The molecule has 0 aliphatic heterocycles. The summed E-state index contributed by atoms with van der Waals surface area (Å²) in [7, 11) is -3.74. The molecule has 0 unspecified atom stereocenters. The number of aromatic carboxylic acids is 1. The molecule has 0 saturated heterocycles. The number of carbonyl (C=O) groups is 1. The van der Waals surface area contributed by atoms with Crippen LogP contribution in [-0.2, 0) is 10.0 Å². The third-order valence-electron chi connectivity index (χ3n) is 2.64. The van der Waals surface area contributed by atoms with E-state index in [1.54, 1.807) is 13.0 Å². The second-order valence-electron chi connectivity index (χ2n) is 3.97. The van der Waals surface area contributed by atoms with Gasteiger partial charge in [-0.05, 0) is 41.1 Å². The minimum atomic E-state index is -3.74. The molecule has 0 saturated carbocycles. The zero-order valence-electron chi connectivity index (χ0n) is 10.9. The van der Waals surface area contributed by atoms with Gasteiger partial charge in [-0.15, -0.1) is 11.3 Å². The van der Waals surface area contributed by atoms with Gasteiger partial charge in [0.05, 0.1) is 21.2 Å². The molecule has 21 heavy (non-hydrogen) atoms. The maximum Gasteiger partial charge on any atom is 0.337 e. The van der Waals surface area contributed by atoms with Crippen LogP contribution in [0.15, 0.2) is 38.6 Å². The van der Waals surface area contributed by atoms with Crippen LogP contribution in [0, 0.1) is 0 Å². The number of anilines is 1. The number of carboxylic acid groups (broad SMARTS) is 1. The van der Waals surface area contributed by atoms with Gasteiger partial charge in [-0.2, -0.15) is 0 Å². The molecule has 6 nitrogen and oxygen atoms in total. The largest absolute Gasteiger partial charge is 0.478 e. The summed E-state index contributed by atoms with van der Waals surface area (Å²) in [5.74, 6) is -1.16. The maximum atomic E-state index is 12.6. The summed E-state index contributed by atoms with van der Waals surface area (Å²) >= 11 is 4.32. The summed E-state index contributed by atoms with van der Waals surface area (Å²) in [6.45, 7) is 1.84. The van der Waals surface area contributed by atoms with Gasteiger partial charge < -0.3 is 5.11 Å². The molecule has 0 aromatic carbocycles. The highest BCUT2D eigenvalue weighted by Crippen LogP contribution is 2.30. The number of rotatable bonds is 5. The predicted octanol–water partition coefficient (Wildman–Crippen LogP) is 2.82. The Balaban J connectivity index is 2.49. The second kappa shape index (κ2) is 6.12. The molecule has 2 aromatic heterocycles. The molecule has 0 radical (unpaired) electrons. The summed E-state index contributed by atoms with van der Waals surface area (Å²) in [5.41, 5.74) is 0.162. The standard InChI is InChI=1S/C12H11BrN2O4S2/c1-2-15(9-5-8(12(16)17)6-14-7-9)21(18,19)11-4-3-10(13)20-11/h3-7H,2H2,1H3,(H,16,17).